The normalized spacial score (nSPS) is 20.0. The fraction of sp³-hybridized carbons (Fsp3) is 0.769. The molecule has 1 heterocycles. The molecule has 1 aliphatic carbocycles. The summed E-state index contributed by atoms with van der Waals surface area (Å²) in [5.74, 6) is 0.695. The van der Waals surface area contributed by atoms with Crippen LogP contribution in [-0.2, 0) is 6.42 Å². The number of hydrogen-bond acceptors (Lipinski definition) is 3. The van der Waals surface area contributed by atoms with Gasteiger partial charge in [-0.15, -0.1) is 11.3 Å². The number of aromatic nitrogens is 1. The second kappa shape index (κ2) is 4.84. The van der Waals surface area contributed by atoms with E-state index in [-0.39, 0.29) is 0 Å². The van der Waals surface area contributed by atoms with E-state index in [9.17, 15) is 0 Å². The average Bonchev–Trinajstić information content (AvgIpc) is 2.94. The Balaban J connectivity index is 1.95. The summed E-state index contributed by atoms with van der Waals surface area (Å²) in [7, 11) is 0. The summed E-state index contributed by atoms with van der Waals surface area (Å²) in [6, 6.07) is 0.805. The Labute approximate surface area is 102 Å². The Morgan fingerprint density at radius 2 is 2.31 bits per heavy atom. The van der Waals surface area contributed by atoms with Crippen LogP contribution in [0.15, 0.2) is 11.7 Å². The molecule has 3 heteroatoms. The van der Waals surface area contributed by atoms with Crippen LogP contribution in [0.1, 0.15) is 38.5 Å². The van der Waals surface area contributed by atoms with E-state index in [1.54, 1.807) is 11.3 Å². The fourth-order valence-electron chi connectivity index (χ4n) is 1.86. The van der Waals surface area contributed by atoms with Crippen molar-refractivity contribution in [3.63, 3.8) is 0 Å². The van der Waals surface area contributed by atoms with Crippen molar-refractivity contribution in [1.29, 1.82) is 0 Å². The number of rotatable bonds is 6. The van der Waals surface area contributed by atoms with Crippen molar-refractivity contribution in [2.45, 2.75) is 46.1 Å². The third kappa shape index (κ3) is 3.05. The molecule has 1 unspecified atom stereocenters. The minimum absolute atomic E-state index is 0.356. The maximum absolute atomic E-state index is 4.17. The van der Waals surface area contributed by atoms with Gasteiger partial charge in [-0.1, -0.05) is 20.8 Å². The van der Waals surface area contributed by atoms with Gasteiger partial charge in [0.15, 0.2) is 0 Å². The standard InChI is InChI=1S/C13H22N2S/c1-10(2)13(3,8-15-11-4-5-11)6-12-7-14-9-16-12/h7,9-11,15H,4-6,8H2,1-3H3. The molecule has 0 aromatic carbocycles. The van der Waals surface area contributed by atoms with E-state index in [2.05, 4.69) is 31.1 Å². The van der Waals surface area contributed by atoms with Crippen molar-refractivity contribution in [3.05, 3.63) is 16.6 Å². The van der Waals surface area contributed by atoms with Gasteiger partial charge in [0.1, 0.15) is 0 Å². The zero-order chi connectivity index (χ0) is 11.6. The van der Waals surface area contributed by atoms with Crippen molar-refractivity contribution in [2.24, 2.45) is 11.3 Å². The van der Waals surface area contributed by atoms with Crippen LogP contribution in [0, 0.1) is 11.3 Å². The first-order chi connectivity index (χ1) is 7.60. The minimum atomic E-state index is 0.356. The number of thiazole rings is 1. The van der Waals surface area contributed by atoms with Gasteiger partial charge in [-0.25, -0.2) is 0 Å². The van der Waals surface area contributed by atoms with Crippen LogP contribution in [0.4, 0.5) is 0 Å². The monoisotopic (exact) mass is 238 g/mol. The average molecular weight is 238 g/mol. The highest BCUT2D eigenvalue weighted by Crippen LogP contribution is 2.33. The Hall–Kier alpha value is -0.410. The van der Waals surface area contributed by atoms with Gasteiger partial charge in [0.05, 0.1) is 5.51 Å². The van der Waals surface area contributed by atoms with Gasteiger partial charge in [0, 0.05) is 23.7 Å². The third-order valence-corrected chi connectivity index (χ3v) is 4.61. The Morgan fingerprint density at radius 1 is 1.56 bits per heavy atom. The van der Waals surface area contributed by atoms with E-state index in [4.69, 9.17) is 0 Å². The largest absolute Gasteiger partial charge is 0.313 e. The molecule has 1 saturated carbocycles. The van der Waals surface area contributed by atoms with Crippen LogP contribution in [-0.4, -0.2) is 17.6 Å². The second-order valence-corrected chi connectivity index (χ2v) is 6.58. The Morgan fingerprint density at radius 3 is 2.81 bits per heavy atom. The van der Waals surface area contributed by atoms with Crippen LogP contribution in [0.2, 0.25) is 0 Å². The minimum Gasteiger partial charge on any atom is -0.313 e. The molecule has 1 aliphatic rings. The van der Waals surface area contributed by atoms with E-state index in [1.807, 2.05) is 11.7 Å². The molecule has 1 N–H and O–H groups in total. The lowest BCUT2D eigenvalue weighted by Crippen LogP contribution is -2.38. The van der Waals surface area contributed by atoms with Crippen molar-refractivity contribution in [1.82, 2.24) is 10.3 Å². The zero-order valence-electron chi connectivity index (χ0n) is 10.5. The van der Waals surface area contributed by atoms with Gasteiger partial charge in [0.2, 0.25) is 0 Å². The first-order valence-corrected chi connectivity index (χ1v) is 7.09. The molecule has 2 rings (SSSR count). The molecular weight excluding hydrogens is 216 g/mol. The Bertz CT molecular complexity index is 317. The van der Waals surface area contributed by atoms with Crippen LogP contribution in [0.3, 0.4) is 0 Å². The highest BCUT2D eigenvalue weighted by Gasteiger charge is 2.31. The van der Waals surface area contributed by atoms with E-state index in [0.717, 1.165) is 19.0 Å². The molecule has 1 fully saturated rings. The maximum atomic E-state index is 4.17. The summed E-state index contributed by atoms with van der Waals surface area (Å²) in [4.78, 5) is 5.58. The first kappa shape index (κ1) is 12.1. The summed E-state index contributed by atoms with van der Waals surface area (Å²) in [6.07, 6.45) is 5.90. The number of nitrogens with zero attached hydrogens (tertiary/aromatic N) is 1. The summed E-state index contributed by atoms with van der Waals surface area (Å²) in [5, 5.41) is 3.68. The van der Waals surface area contributed by atoms with Crippen molar-refractivity contribution < 1.29 is 0 Å². The molecule has 2 nitrogen and oxygen atoms in total. The fourth-order valence-corrected chi connectivity index (χ4v) is 2.66. The van der Waals surface area contributed by atoms with Crippen molar-refractivity contribution in [2.75, 3.05) is 6.54 Å². The van der Waals surface area contributed by atoms with Crippen molar-refractivity contribution >= 4 is 11.3 Å². The smallest absolute Gasteiger partial charge is 0.0794 e. The van der Waals surface area contributed by atoms with Crippen molar-refractivity contribution in [3.8, 4) is 0 Å². The van der Waals surface area contributed by atoms with E-state index < -0.39 is 0 Å². The van der Waals surface area contributed by atoms with Crippen LogP contribution < -0.4 is 5.32 Å². The zero-order valence-corrected chi connectivity index (χ0v) is 11.3. The van der Waals surface area contributed by atoms with Crippen LogP contribution in [0.5, 0.6) is 0 Å². The molecule has 1 aromatic heterocycles. The molecule has 1 atom stereocenters. The number of hydrogen-bond donors (Lipinski definition) is 1. The molecule has 90 valence electrons. The highest BCUT2D eigenvalue weighted by atomic mass is 32.1. The summed E-state index contributed by atoms with van der Waals surface area (Å²) in [6.45, 7) is 8.19. The lowest BCUT2D eigenvalue weighted by atomic mass is 9.76. The lowest BCUT2D eigenvalue weighted by Gasteiger charge is -2.34. The van der Waals surface area contributed by atoms with Gasteiger partial charge >= 0.3 is 0 Å². The highest BCUT2D eigenvalue weighted by molar-refractivity contribution is 7.09. The van der Waals surface area contributed by atoms with Gasteiger partial charge in [-0.2, -0.15) is 0 Å². The Kier molecular flexibility index (Phi) is 3.65. The van der Waals surface area contributed by atoms with E-state index in [1.165, 1.54) is 17.7 Å². The second-order valence-electron chi connectivity index (χ2n) is 5.61. The van der Waals surface area contributed by atoms with Gasteiger partial charge in [0.25, 0.3) is 0 Å². The first-order valence-electron chi connectivity index (χ1n) is 6.21. The summed E-state index contributed by atoms with van der Waals surface area (Å²) >= 11 is 1.78. The molecule has 0 radical (unpaired) electrons. The topological polar surface area (TPSA) is 24.9 Å². The number of nitrogens with one attached hydrogen (secondary N) is 1. The lowest BCUT2D eigenvalue weighted by molar-refractivity contribution is 0.208. The molecule has 16 heavy (non-hydrogen) atoms. The molecule has 0 saturated heterocycles. The van der Waals surface area contributed by atoms with Gasteiger partial charge in [-0.3, -0.25) is 4.98 Å². The quantitative estimate of drug-likeness (QED) is 0.824. The maximum Gasteiger partial charge on any atom is 0.0794 e. The van der Waals surface area contributed by atoms with Crippen LogP contribution >= 0.6 is 11.3 Å². The van der Waals surface area contributed by atoms with Crippen LogP contribution in [0.25, 0.3) is 0 Å². The van der Waals surface area contributed by atoms with Gasteiger partial charge < -0.3 is 5.32 Å². The molecule has 1 aromatic rings. The molecule has 0 spiro atoms. The third-order valence-electron chi connectivity index (χ3n) is 3.83. The summed E-state index contributed by atoms with van der Waals surface area (Å²) < 4.78 is 0. The van der Waals surface area contributed by atoms with E-state index in [0.29, 0.717) is 11.3 Å². The predicted molar refractivity (Wildman–Crippen MR) is 69.8 cm³/mol. The predicted octanol–water partition coefficient (Wildman–Crippen LogP) is 3.10. The molecule has 0 aliphatic heterocycles. The summed E-state index contributed by atoms with van der Waals surface area (Å²) in [5.41, 5.74) is 2.29. The van der Waals surface area contributed by atoms with Gasteiger partial charge in [-0.05, 0) is 30.6 Å². The van der Waals surface area contributed by atoms with E-state index >= 15 is 0 Å². The molecule has 0 bridgehead atoms. The molecular formula is C13H22N2S. The SMILES string of the molecule is CC(C)C(C)(CNC1CC1)Cc1cncs1. The molecule has 0 amide bonds.